The topological polar surface area (TPSA) is 46.5 Å². The number of aliphatic carboxylic acids is 1. The summed E-state index contributed by atoms with van der Waals surface area (Å²) in [5.41, 5.74) is 2.26. The quantitative estimate of drug-likeness (QED) is 0.875. The normalized spacial score (nSPS) is 18.2. The molecule has 98 valence electrons. The molecule has 0 aliphatic carbocycles. The number of hydrogen-bond donors (Lipinski definition) is 1. The molecule has 0 atom stereocenters. The predicted octanol–water partition coefficient (Wildman–Crippen LogP) is 2.65. The van der Waals surface area contributed by atoms with Crippen LogP contribution in [-0.2, 0) is 20.4 Å². The second kappa shape index (κ2) is 4.09. The molecule has 1 saturated heterocycles. The van der Waals surface area contributed by atoms with Crippen LogP contribution < -0.4 is 0 Å². The number of rotatable bonds is 2. The number of benzene rings is 1. The number of carboxylic acids is 1. The summed E-state index contributed by atoms with van der Waals surface area (Å²) in [5, 5.41) is 9.48. The van der Waals surface area contributed by atoms with Crippen LogP contribution in [0.5, 0.6) is 0 Å². The van der Waals surface area contributed by atoms with Crippen molar-refractivity contribution in [2.24, 2.45) is 0 Å². The molecule has 1 fully saturated rings. The van der Waals surface area contributed by atoms with E-state index in [1.807, 2.05) is 19.1 Å². The molecule has 1 aromatic carbocycles. The lowest BCUT2D eigenvalue weighted by atomic mass is 9.74. The SMILES string of the molecule is Cc1ccc(C(C)(C)C)cc1C1(C(=O)O)COC1. The van der Waals surface area contributed by atoms with E-state index in [2.05, 4.69) is 26.8 Å². The first-order valence-corrected chi connectivity index (χ1v) is 6.20. The van der Waals surface area contributed by atoms with Gasteiger partial charge in [0.1, 0.15) is 5.41 Å². The van der Waals surface area contributed by atoms with Crippen molar-refractivity contribution in [3.05, 3.63) is 34.9 Å². The van der Waals surface area contributed by atoms with Crippen molar-refractivity contribution in [1.29, 1.82) is 0 Å². The highest BCUT2D eigenvalue weighted by atomic mass is 16.5. The van der Waals surface area contributed by atoms with Gasteiger partial charge in [-0.2, -0.15) is 0 Å². The summed E-state index contributed by atoms with van der Waals surface area (Å²) < 4.78 is 5.15. The third-order valence-corrected chi connectivity index (χ3v) is 3.73. The van der Waals surface area contributed by atoms with Crippen molar-refractivity contribution >= 4 is 5.97 Å². The number of carboxylic acid groups (broad SMARTS) is 1. The third-order valence-electron chi connectivity index (χ3n) is 3.73. The molecular formula is C15H20O3. The van der Waals surface area contributed by atoms with Gasteiger partial charge in [-0.25, -0.2) is 0 Å². The fraction of sp³-hybridized carbons (Fsp3) is 0.533. The molecule has 1 N–H and O–H groups in total. The maximum atomic E-state index is 11.5. The van der Waals surface area contributed by atoms with E-state index in [9.17, 15) is 9.90 Å². The van der Waals surface area contributed by atoms with Crippen molar-refractivity contribution in [2.45, 2.75) is 38.5 Å². The van der Waals surface area contributed by atoms with Gasteiger partial charge in [0.2, 0.25) is 0 Å². The Balaban J connectivity index is 2.53. The van der Waals surface area contributed by atoms with Gasteiger partial charge in [-0.15, -0.1) is 0 Å². The highest BCUT2D eigenvalue weighted by Gasteiger charge is 2.48. The number of hydrogen-bond acceptors (Lipinski definition) is 2. The Hall–Kier alpha value is -1.35. The first kappa shape index (κ1) is 13.1. The number of carbonyl (C=O) groups is 1. The van der Waals surface area contributed by atoms with Crippen molar-refractivity contribution in [2.75, 3.05) is 13.2 Å². The van der Waals surface area contributed by atoms with Crippen LogP contribution in [0, 0.1) is 6.92 Å². The minimum absolute atomic E-state index is 0.0206. The summed E-state index contributed by atoms with van der Waals surface area (Å²) in [4.78, 5) is 11.5. The monoisotopic (exact) mass is 248 g/mol. The van der Waals surface area contributed by atoms with E-state index in [1.165, 1.54) is 0 Å². The van der Waals surface area contributed by atoms with Crippen LogP contribution in [0.2, 0.25) is 0 Å². The molecule has 0 radical (unpaired) electrons. The first-order chi connectivity index (χ1) is 8.27. The van der Waals surface area contributed by atoms with Gasteiger partial charge < -0.3 is 9.84 Å². The van der Waals surface area contributed by atoms with Crippen LogP contribution in [0.15, 0.2) is 18.2 Å². The Bertz CT molecular complexity index is 479. The third kappa shape index (κ3) is 1.93. The van der Waals surface area contributed by atoms with Gasteiger partial charge in [0.25, 0.3) is 0 Å². The van der Waals surface area contributed by atoms with Gasteiger partial charge in [-0.3, -0.25) is 4.79 Å². The van der Waals surface area contributed by atoms with Gasteiger partial charge in [-0.05, 0) is 29.0 Å². The van der Waals surface area contributed by atoms with Crippen LogP contribution in [-0.4, -0.2) is 24.3 Å². The van der Waals surface area contributed by atoms with Crippen molar-refractivity contribution in [3.63, 3.8) is 0 Å². The minimum Gasteiger partial charge on any atom is -0.480 e. The molecule has 0 spiro atoms. The van der Waals surface area contributed by atoms with E-state index in [-0.39, 0.29) is 18.6 Å². The summed E-state index contributed by atoms with van der Waals surface area (Å²) >= 11 is 0. The Morgan fingerprint density at radius 2 is 1.94 bits per heavy atom. The van der Waals surface area contributed by atoms with Gasteiger partial charge >= 0.3 is 5.97 Å². The second-order valence-corrected chi connectivity index (χ2v) is 6.16. The van der Waals surface area contributed by atoms with Gasteiger partial charge in [0, 0.05) is 0 Å². The van der Waals surface area contributed by atoms with E-state index in [0.29, 0.717) is 0 Å². The smallest absolute Gasteiger partial charge is 0.318 e. The average molecular weight is 248 g/mol. The fourth-order valence-electron chi connectivity index (χ4n) is 2.30. The predicted molar refractivity (Wildman–Crippen MR) is 70.0 cm³/mol. The summed E-state index contributed by atoms with van der Waals surface area (Å²) in [6.45, 7) is 8.91. The summed E-state index contributed by atoms with van der Waals surface area (Å²) in [6, 6.07) is 6.12. The Labute approximate surface area is 108 Å². The summed E-state index contributed by atoms with van der Waals surface area (Å²) in [5.74, 6) is -0.789. The van der Waals surface area contributed by atoms with Crippen LogP contribution >= 0.6 is 0 Å². The molecule has 1 aliphatic rings. The molecule has 3 nitrogen and oxygen atoms in total. The molecule has 3 heteroatoms. The molecular weight excluding hydrogens is 228 g/mol. The molecule has 18 heavy (non-hydrogen) atoms. The van der Waals surface area contributed by atoms with Crippen molar-refractivity contribution < 1.29 is 14.6 Å². The van der Waals surface area contributed by atoms with E-state index in [0.717, 1.165) is 16.7 Å². The van der Waals surface area contributed by atoms with Crippen molar-refractivity contribution in [1.82, 2.24) is 0 Å². The Kier molecular flexibility index (Phi) is 2.98. The standard InChI is InChI=1S/C15H20O3/c1-10-5-6-11(14(2,3)4)7-12(10)15(13(16)17)8-18-9-15/h5-7H,8-9H2,1-4H3,(H,16,17). The lowest BCUT2D eigenvalue weighted by Gasteiger charge is -2.39. The number of aryl methyl sites for hydroxylation is 1. The first-order valence-electron chi connectivity index (χ1n) is 6.20. The van der Waals surface area contributed by atoms with E-state index in [4.69, 9.17) is 4.74 Å². The summed E-state index contributed by atoms with van der Waals surface area (Å²) in [6.07, 6.45) is 0. The lowest BCUT2D eigenvalue weighted by molar-refractivity contribution is -0.163. The lowest BCUT2D eigenvalue weighted by Crippen LogP contribution is -2.53. The second-order valence-electron chi connectivity index (χ2n) is 6.16. The van der Waals surface area contributed by atoms with Crippen LogP contribution in [0.3, 0.4) is 0 Å². The zero-order chi connectivity index (χ0) is 13.6. The maximum Gasteiger partial charge on any atom is 0.318 e. The van der Waals surface area contributed by atoms with Crippen LogP contribution in [0.1, 0.15) is 37.5 Å². The van der Waals surface area contributed by atoms with E-state index >= 15 is 0 Å². The van der Waals surface area contributed by atoms with Crippen molar-refractivity contribution in [3.8, 4) is 0 Å². The molecule has 0 amide bonds. The highest BCUT2D eigenvalue weighted by Crippen LogP contribution is 2.37. The minimum atomic E-state index is -0.842. The Morgan fingerprint density at radius 1 is 1.33 bits per heavy atom. The molecule has 2 rings (SSSR count). The fourth-order valence-corrected chi connectivity index (χ4v) is 2.30. The van der Waals surface area contributed by atoms with E-state index < -0.39 is 11.4 Å². The molecule has 0 saturated carbocycles. The molecule has 1 aliphatic heterocycles. The summed E-state index contributed by atoms with van der Waals surface area (Å²) in [7, 11) is 0. The Morgan fingerprint density at radius 3 is 2.33 bits per heavy atom. The molecule has 0 unspecified atom stereocenters. The molecule has 0 bridgehead atoms. The molecule has 1 heterocycles. The highest BCUT2D eigenvalue weighted by molar-refractivity contribution is 5.83. The zero-order valence-electron chi connectivity index (χ0n) is 11.4. The average Bonchev–Trinajstić information content (AvgIpc) is 2.16. The van der Waals surface area contributed by atoms with Gasteiger partial charge in [-0.1, -0.05) is 39.0 Å². The molecule has 1 aromatic rings. The maximum absolute atomic E-state index is 11.5. The largest absolute Gasteiger partial charge is 0.480 e. The number of ether oxygens (including phenoxy) is 1. The van der Waals surface area contributed by atoms with Gasteiger partial charge in [0.15, 0.2) is 0 Å². The molecule has 0 aromatic heterocycles. The zero-order valence-corrected chi connectivity index (χ0v) is 11.4. The van der Waals surface area contributed by atoms with Gasteiger partial charge in [0.05, 0.1) is 13.2 Å². The van der Waals surface area contributed by atoms with Crippen LogP contribution in [0.25, 0.3) is 0 Å². The van der Waals surface area contributed by atoms with E-state index in [1.54, 1.807) is 0 Å². The van der Waals surface area contributed by atoms with Crippen LogP contribution in [0.4, 0.5) is 0 Å².